The van der Waals surface area contributed by atoms with Gasteiger partial charge in [-0.15, -0.1) is 11.6 Å². The van der Waals surface area contributed by atoms with Crippen LogP contribution < -0.4 is 11.2 Å². The number of halogens is 3. The van der Waals surface area contributed by atoms with Gasteiger partial charge >= 0.3 is 5.69 Å². The molecule has 0 radical (unpaired) electrons. The lowest BCUT2D eigenvalue weighted by atomic mass is 9.87. The molecule has 1 aliphatic heterocycles. The van der Waals surface area contributed by atoms with Crippen molar-refractivity contribution in [3.8, 4) is 0 Å². The van der Waals surface area contributed by atoms with Crippen molar-refractivity contribution in [2.24, 2.45) is 5.92 Å². The maximum Gasteiger partial charge on any atom is 0.330 e. The molecule has 0 aromatic carbocycles. The van der Waals surface area contributed by atoms with Crippen molar-refractivity contribution in [3.05, 3.63) is 32.9 Å². The smallest absolute Gasteiger partial charge is 0.330 e. The maximum absolute atomic E-state index is 14.4. The first-order valence-electron chi connectivity index (χ1n) is 6.25. The molecule has 1 N–H and O–H groups in total. The molecule has 0 saturated carbocycles. The van der Waals surface area contributed by atoms with Gasteiger partial charge in [-0.3, -0.25) is 14.3 Å². The van der Waals surface area contributed by atoms with Crippen molar-refractivity contribution in [1.29, 1.82) is 0 Å². The summed E-state index contributed by atoms with van der Waals surface area (Å²) in [5, 5.41) is 0. The van der Waals surface area contributed by atoms with Crippen LogP contribution >= 0.6 is 11.6 Å². The van der Waals surface area contributed by atoms with E-state index in [4.69, 9.17) is 16.3 Å². The van der Waals surface area contributed by atoms with Crippen molar-refractivity contribution in [2.45, 2.75) is 38.3 Å². The zero-order valence-corrected chi connectivity index (χ0v) is 11.8. The van der Waals surface area contributed by atoms with Crippen molar-refractivity contribution < 1.29 is 13.5 Å². The third-order valence-corrected chi connectivity index (χ3v) is 4.41. The average Bonchev–Trinajstić information content (AvgIpc) is 2.68. The van der Waals surface area contributed by atoms with Gasteiger partial charge in [0.15, 0.2) is 12.4 Å². The fourth-order valence-corrected chi connectivity index (χ4v) is 2.96. The van der Waals surface area contributed by atoms with Gasteiger partial charge < -0.3 is 4.74 Å². The Bertz CT molecular complexity index is 611. The molecular formula is C12H15ClF2N2O3. The number of aromatic nitrogens is 2. The van der Waals surface area contributed by atoms with E-state index >= 15 is 0 Å². The number of alkyl halides is 2. The van der Waals surface area contributed by atoms with Crippen LogP contribution in [0, 0.1) is 11.7 Å². The quantitative estimate of drug-likeness (QED) is 0.862. The second-order valence-corrected chi connectivity index (χ2v) is 5.20. The second-order valence-electron chi connectivity index (χ2n) is 4.94. The lowest BCUT2D eigenvalue weighted by molar-refractivity contribution is -0.0791. The van der Waals surface area contributed by atoms with Crippen molar-refractivity contribution >= 4 is 11.6 Å². The first kappa shape index (κ1) is 15.2. The van der Waals surface area contributed by atoms with Crippen LogP contribution in [0.2, 0.25) is 0 Å². The SMILES string of the molecule is CC[C@@]1(CCl)O[C@@H](n2cc(F)c(=O)[nH]c2=O)[C@H](F)[C@@H]1C. The number of hydrogen-bond donors (Lipinski definition) is 1. The minimum absolute atomic E-state index is 0.0577. The number of nitrogens with zero attached hydrogens (tertiary/aromatic N) is 1. The van der Waals surface area contributed by atoms with Gasteiger partial charge in [-0.1, -0.05) is 13.8 Å². The van der Waals surface area contributed by atoms with Gasteiger partial charge in [-0.05, 0) is 6.42 Å². The van der Waals surface area contributed by atoms with Gasteiger partial charge in [0.25, 0.3) is 5.56 Å². The standard InChI is InChI=1S/C12H15ClF2N2O3/c1-3-12(5-13)6(2)8(15)10(20-12)17-4-7(14)9(18)16-11(17)19/h4,6,8,10H,3,5H2,1-2H3,(H,16,18,19)/t6-,8+,10+,12-/m0/s1. The van der Waals surface area contributed by atoms with E-state index in [1.807, 2.05) is 0 Å². The highest BCUT2D eigenvalue weighted by atomic mass is 35.5. The normalized spacial score (nSPS) is 33.5. The summed E-state index contributed by atoms with van der Waals surface area (Å²) in [5.41, 5.74) is -2.98. The highest BCUT2D eigenvalue weighted by Crippen LogP contribution is 2.45. The molecule has 2 rings (SSSR count). The van der Waals surface area contributed by atoms with Crippen LogP contribution in [0.15, 0.2) is 15.8 Å². The minimum atomic E-state index is -1.53. The average molecular weight is 309 g/mol. The van der Waals surface area contributed by atoms with E-state index in [9.17, 15) is 18.4 Å². The topological polar surface area (TPSA) is 64.1 Å². The summed E-state index contributed by atoms with van der Waals surface area (Å²) in [4.78, 5) is 24.5. The number of nitrogens with one attached hydrogen (secondary N) is 1. The van der Waals surface area contributed by atoms with E-state index in [0.29, 0.717) is 12.6 Å². The third kappa shape index (κ3) is 2.18. The largest absolute Gasteiger partial charge is 0.347 e. The van der Waals surface area contributed by atoms with Crippen LogP contribution in [0.5, 0.6) is 0 Å². The Labute approximate surface area is 118 Å². The molecule has 112 valence electrons. The van der Waals surface area contributed by atoms with Gasteiger partial charge in [-0.2, -0.15) is 4.39 Å². The molecule has 0 spiro atoms. The van der Waals surface area contributed by atoms with Crippen LogP contribution in [-0.2, 0) is 4.74 Å². The Hall–Kier alpha value is -1.21. The molecule has 1 aromatic heterocycles. The molecule has 1 fully saturated rings. The molecule has 4 atom stereocenters. The molecule has 0 aliphatic carbocycles. The van der Waals surface area contributed by atoms with Gasteiger partial charge in [0.2, 0.25) is 5.82 Å². The van der Waals surface area contributed by atoms with E-state index in [1.165, 1.54) is 0 Å². The third-order valence-electron chi connectivity index (χ3n) is 3.96. The lowest BCUT2D eigenvalue weighted by Crippen LogP contribution is -2.37. The van der Waals surface area contributed by atoms with Gasteiger partial charge in [0, 0.05) is 5.92 Å². The first-order valence-corrected chi connectivity index (χ1v) is 6.78. The highest BCUT2D eigenvalue weighted by Gasteiger charge is 2.52. The predicted molar refractivity (Wildman–Crippen MR) is 69.2 cm³/mol. The molecule has 0 amide bonds. The summed E-state index contributed by atoms with van der Waals surface area (Å²) in [6.45, 7) is 3.42. The summed E-state index contributed by atoms with van der Waals surface area (Å²) in [6, 6.07) is 0. The monoisotopic (exact) mass is 308 g/mol. The van der Waals surface area contributed by atoms with E-state index < -0.39 is 41.0 Å². The fraction of sp³-hybridized carbons (Fsp3) is 0.667. The molecule has 0 unspecified atom stereocenters. The van der Waals surface area contributed by atoms with Crippen molar-refractivity contribution in [2.75, 3.05) is 5.88 Å². The summed E-state index contributed by atoms with van der Waals surface area (Å²) in [7, 11) is 0. The van der Waals surface area contributed by atoms with Crippen LogP contribution in [0.1, 0.15) is 26.5 Å². The minimum Gasteiger partial charge on any atom is -0.347 e. The lowest BCUT2D eigenvalue weighted by Gasteiger charge is -2.29. The van der Waals surface area contributed by atoms with Crippen LogP contribution in [0.4, 0.5) is 8.78 Å². The first-order chi connectivity index (χ1) is 9.36. The summed E-state index contributed by atoms with van der Waals surface area (Å²) >= 11 is 5.86. The molecule has 1 saturated heterocycles. The van der Waals surface area contributed by atoms with Crippen LogP contribution in [-0.4, -0.2) is 27.2 Å². The molecule has 2 heterocycles. The van der Waals surface area contributed by atoms with Gasteiger partial charge in [0.05, 0.1) is 17.7 Å². The Kier molecular flexibility index (Phi) is 4.02. The van der Waals surface area contributed by atoms with Gasteiger partial charge in [-0.25, -0.2) is 9.18 Å². The Morgan fingerprint density at radius 3 is 2.70 bits per heavy atom. The predicted octanol–water partition coefficient (Wildman–Crippen LogP) is 1.57. The van der Waals surface area contributed by atoms with Crippen molar-refractivity contribution in [3.63, 3.8) is 0 Å². The number of rotatable bonds is 3. The van der Waals surface area contributed by atoms with E-state index in [2.05, 4.69) is 0 Å². The number of H-pyrrole nitrogens is 1. The number of aromatic amines is 1. The summed E-state index contributed by atoms with van der Waals surface area (Å²) < 4.78 is 34.0. The number of ether oxygens (including phenoxy) is 1. The molecule has 5 nitrogen and oxygen atoms in total. The number of hydrogen-bond acceptors (Lipinski definition) is 3. The van der Waals surface area contributed by atoms with Crippen LogP contribution in [0.25, 0.3) is 0 Å². The fourth-order valence-electron chi connectivity index (χ4n) is 2.46. The maximum atomic E-state index is 14.4. The second kappa shape index (κ2) is 5.29. The molecule has 1 aliphatic rings. The molecule has 1 aromatic rings. The molecule has 8 heteroatoms. The summed E-state index contributed by atoms with van der Waals surface area (Å²) in [5.74, 6) is -1.67. The van der Waals surface area contributed by atoms with Crippen LogP contribution in [0.3, 0.4) is 0 Å². The van der Waals surface area contributed by atoms with E-state index in [-0.39, 0.29) is 5.88 Å². The van der Waals surface area contributed by atoms with E-state index in [0.717, 1.165) is 4.57 Å². The Balaban J connectivity index is 2.47. The highest BCUT2D eigenvalue weighted by molar-refractivity contribution is 6.18. The molecular weight excluding hydrogens is 294 g/mol. The Morgan fingerprint density at radius 2 is 2.20 bits per heavy atom. The summed E-state index contributed by atoms with van der Waals surface area (Å²) in [6.07, 6.45) is -1.72. The van der Waals surface area contributed by atoms with Crippen molar-refractivity contribution in [1.82, 2.24) is 9.55 Å². The zero-order chi connectivity index (χ0) is 15.1. The molecule has 0 bridgehead atoms. The molecule has 20 heavy (non-hydrogen) atoms. The zero-order valence-electron chi connectivity index (χ0n) is 11.0. The van der Waals surface area contributed by atoms with E-state index in [1.54, 1.807) is 18.8 Å². The van der Waals surface area contributed by atoms with Gasteiger partial charge in [0.1, 0.15) is 0 Å². The Morgan fingerprint density at radius 1 is 1.55 bits per heavy atom.